The Bertz CT molecular complexity index is 597. The van der Waals surface area contributed by atoms with E-state index in [9.17, 15) is 8.42 Å². The molecule has 19 heavy (non-hydrogen) atoms. The third-order valence-electron chi connectivity index (χ3n) is 4.16. The minimum Gasteiger partial charge on any atom is -0.497 e. The van der Waals surface area contributed by atoms with E-state index in [1.54, 1.807) is 7.11 Å². The van der Waals surface area contributed by atoms with Crippen LogP contribution in [0.2, 0.25) is 0 Å². The SMILES string of the molecule is COc1ccc2c(c1)CCC1C2NC(C)CS1(=O)=O. The summed E-state index contributed by atoms with van der Waals surface area (Å²) in [5, 5.41) is 3.17. The van der Waals surface area contributed by atoms with Crippen molar-refractivity contribution in [2.45, 2.75) is 37.1 Å². The molecule has 0 amide bonds. The summed E-state index contributed by atoms with van der Waals surface area (Å²) in [7, 11) is -1.33. The largest absolute Gasteiger partial charge is 0.497 e. The van der Waals surface area contributed by atoms with Crippen molar-refractivity contribution in [3.63, 3.8) is 0 Å². The normalized spacial score (nSPS) is 32.2. The zero-order chi connectivity index (χ0) is 13.6. The van der Waals surface area contributed by atoms with E-state index in [-0.39, 0.29) is 23.1 Å². The Balaban J connectivity index is 2.04. The molecule has 1 aliphatic carbocycles. The Morgan fingerprint density at radius 3 is 2.89 bits per heavy atom. The second-order valence-corrected chi connectivity index (χ2v) is 7.78. The number of benzene rings is 1. The summed E-state index contributed by atoms with van der Waals surface area (Å²) < 4.78 is 29.8. The first-order valence-electron chi connectivity index (χ1n) is 6.65. The predicted molar refractivity (Wildman–Crippen MR) is 74.2 cm³/mol. The van der Waals surface area contributed by atoms with E-state index in [1.165, 1.54) is 5.56 Å². The number of sulfone groups is 1. The number of nitrogens with one attached hydrogen (secondary N) is 1. The molecule has 1 aromatic rings. The monoisotopic (exact) mass is 281 g/mol. The maximum Gasteiger partial charge on any atom is 0.156 e. The summed E-state index contributed by atoms with van der Waals surface area (Å²) in [5.74, 6) is 1.09. The van der Waals surface area contributed by atoms with Crippen molar-refractivity contribution in [3.05, 3.63) is 29.3 Å². The number of fused-ring (bicyclic) bond motifs is 3. The van der Waals surface area contributed by atoms with E-state index >= 15 is 0 Å². The number of methoxy groups -OCH3 is 1. The first-order chi connectivity index (χ1) is 9.01. The summed E-state index contributed by atoms with van der Waals surface area (Å²) in [6.07, 6.45) is 1.51. The van der Waals surface area contributed by atoms with Crippen LogP contribution in [-0.4, -0.2) is 32.6 Å². The van der Waals surface area contributed by atoms with E-state index in [4.69, 9.17) is 4.74 Å². The van der Waals surface area contributed by atoms with E-state index in [1.807, 2.05) is 25.1 Å². The van der Waals surface area contributed by atoms with Crippen molar-refractivity contribution in [1.29, 1.82) is 0 Å². The molecular weight excluding hydrogens is 262 g/mol. The standard InChI is InChI=1S/C14H19NO3S/c1-9-8-19(16,17)13-6-3-10-7-11(18-2)4-5-12(10)14(13)15-9/h4-5,7,9,13-15H,3,6,8H2,1-2H3. The van der Waals surface area contributed by atoms with Crippen LogP contribution >= 0.6 is 0 Å². The molecule has 3 rings (SSSR count). The van der Waals surface area contributed by atoms with Crippen LogP contribution in [0.15, 0.2) is 18.2 Å². The molecule has 1 aliphatic heterocycles. The van der Waals surface area contributed by atoms with Gasteiger partial charge in [-0.2, -0.15) is 0 Å². The Morgan fingerprint density at radius 2 is 2.16 bits per heavy atom. The molecule has 0 radical (unpaired) electrons. The zero-order valence-electron chi connectivity index (χ0n) is 11.2. The van der Waals surface area contributed by atoms with Crippen LogP contribution in [0.5, 0.6) is 5.75 Å². The maximum atomic E-state index is 12.3. The summed E-state index contributed by atoms with van der Waals surface area (Å²) in [6, 6.07) is 5.89. The van der Waals surface area contributed by atoms with Gasteiger partial charge in [0.05, 0.1) is 18.1 Å². The molecule has 0 saturated carbocycles. The molecule has 5 heteroatoms. The molecule has 3 atom stereocenters. The molecule has 3 unspecified atom stereocenters. The fourth-order valence-corrected chi connectivity index (χ4v) is 5.46. The maximum absolute atomic E-state index is 12.3. The van der Waals surface area contributed by atoms with Gasteiger partial charge in [-0.05, 0) is 43.0 Å². The molecule has 0 aromatic heterocycles. The van der Waals surface area contributed by atoms with Gasteiger partial charge < -0.3 is 10.1 Å². The lowest BCUT2D eigenvalue weighted by atomic mass is 9.86. The first-order valence-corrected chi connectivity index (χ1v) is 8.37. The summed E-state index contributed by atoms with van der Waals surface area (Å²) in [6.45, 7) is 1.94. The van der Waals surface area contributed by atoms with Crippen molar-refractivity contribution < 1.29 is 13.2 Å². The Morgan fingerprint density at radius 1 is 1.37 bits per heavy atom. The van der Waals surface area contributed by atoms with Crippen LogP contribution in [0, 0.1) is 0 Å². The zero-order valence-corrected chi connectivity index (χ0v) is 12.0. The Hall–Kier alpha value is -1.07. The van der Waals surface area contributed by atoms with Gasteiger partial charge in [-0.3, -0.25) is 0 Å². The van der Waals surface area contributed by atoms with Crippen molar-refractivity contribution in [2.75, 3.05) is 12.9 Å². The Kier molecular flexibility index (Phi) is 3.06. The Labute approximate surface area is 114 Å². The van der Waals surface area contributed by atoms with Gasteiger partial charge in [0.15, 0.2) is 9.84 Å². The minimum absolute atomic E-state index is 0.0132. The highest BCUT2D eigenvalue weighted by Gasteiger charge is 2.43. The average molecular weight is 281 g/mol. The van der Waals surface area contributed by atoms with Gasteiger partial charge in [0.1, 0.15) is 5.75 Å². The van der Waals surface area contributed by atoms with Gasteiger partial charge in [-0.1, -0.05) is 6.07 Å². The molecule has 0 bridgehead atoms. The van der Waals surface area contributed by atoms with E-state index in [0.29, 0.717) is 6.42 Å². The van der Waals surface area contributed by atoms with Crippen LogP contribution in [-0.2, 0) is 16.3 Å². The van der Waals surface area contributed by atoms with E-state index in [0.717, 1.165) is 17.7 Å². The highest BCUT2D eigenvalue weighted by atomic mass is 32.2. The predicted octanol–water partition coefficient (Wildman–Crippen LogP) is 1.46. The number of hydrogen-bond acceptors (Lipinski definition) is 4. The van der Waals surface area contributed by atoms with Crippen molar-refractivity contribution >= 4 is 9.84 Å². The number of aryl methyl sites for hydroxylation is 1. The molecule has 2 aliphatic rings. The highest BCUT2D eigenvalue weighted by molar-refractivity contribution is 7.92. The third kappa shape index (κ3) is 2.15. The molecule has 1 heterocycles. The van der Waals surface area contributed by atoms with Crippen LogP contribution in [0.25, 0.3) is 0 Å². The van der Waals surface area contributed by atoms with Crippen molar-refractivity contribution in [1.82, 2.24) is 5.32 Å². The fraction of sp³-hybridized carbons (Fsp3) is 0.571. The summed E-state index contributed by atoms with van der Waals surface area (Å²) in [4.78, 5) is 0. The second-order valence-electron chi connectivity index (χ2n) is 5.52. The second kappa shape index (κ2) is 4.49. The number of rotatable bonds is 1. The molecule has 104 valence electrons. The number of ether oxygens (including phenoxy) is 1. The fourth-order valence-electron chi connectivity index (χ4n) is 3.30. The lowest BCUT2D eigenvalue weighted by Gasteiger charge is -2.40. The molecule has 1 N–H and O–H groups in total. The molecule has 1 saturated heterocycles. The van der Waals surface area contributed by atoms with Gasteiger partial charge in [-0.25, -0.2) is 8.42 Å². The lowest BCUT2D eigenvalue weighted by Crippen LogP contribution is -2.53. The molecule has 1 fully saturated rings. The van der Waals surface area contributed by atoms with Crippen LogP contribution in [0.3, 0.4) is 0 Å². The molecular formula is C14H19NO3S. The molecule has 1 aromatic carbocycles. The topological polar surface area (TPSA) is 55.4 Å². The van der Waals surface area contributed by atoms with Crippen LogP contribution in [0.4, 0.5) is 0 Å². The molecule has 0 spiro atoms. The third-order valence-corrected chi connectivity index (χ3v) is 6.56. The van der Waals surface area contributed by atoms with Gasteiger partial charge in [-0.15, -0.1) is 0 Å². The summed E-state index contributed by atoms with van der Waals surface area (Å²) in [5.41, 5.74) is 2.32. The molecule has 4 nitrogen and oxygen atoms in total. The van der Waals surface area contributed by atoms with Crippen LogP contribution < -0.4 is 10.1 Å². The van der Waals surface area contributed by atoms with Gasteiger partial charge in [0.25, 0.3) is 0 Å². The highest BCUT2D eigenvalue weighted by Crippen LogP contribution is 2.38. The lowest BCUT2D eigenvalue weighted by molar-refractivity contribution is 0.387. The quantitative estimate of drug-likeness (QED) is 0.846. The van der Waals surface area contributed by atoms with Crippen molar-refractivity contribution in [3.8, 4) is 5.75 Å². The minimum atomic E-state index is -2.98. The smallest absolute Gasteiger partial charge is 0.156 e. The van der Waals surface area contributed by atoms with Gasteiger partial charge in [0.2, 0.25) is 0 Å². The average Bonchev–Trinajstić information content (AvgIpc) is 2.36. The van der Waals surface area contributed by atoms with Gasteiger partial charge >= 0.3 is 0 Å². The van der Waals surface area contributed by atoms with Gasteiger partial charge in [0, 0.05) is 12.1 Å². The first kappa shape index (κ1) is 12.9. The van der Waals surface area contributed by atoms with Crippen molar-refractivity contribution in [2.24, 2.45) is 0 Å². The van der Waals surface area contributed by atoms with E-state index < -0.39 is 9.84 Å². The van der Waals surface area contributed by atoms with E-state index in [2.05, 4.69) is 5.32 Å². The number of hydrogen-bond donors (Lipinski definition) is 1. The summed E-state index contributed by atoms with van der Waals surface area (Å²) >= 11 is 0. The van der Waals surface area contributed by atoms with Crippen LogP contribution in [0.1, 0.15) is 30.5 Å².